The number of non-ortho nitro benzene ring substituents is 1. The first-order valence-corrected chi connectivity index (χ1v) is 6.99. The lowest BCUT2D eigenvalue weighted by Gasteiger charge is -2.39. The van der Waals surface area contributed by atoms with Crippen LogP contribution in [0.15, 0.2) is 18.2 Å². The summed E-state index contributed by atoms with van der Waals surface area (Å²) < 4.78 is 0. The summed E-state index contributed by atoms with van der Waals surface area (Å²) >= 11 is 0. The van der Waals surface area contributed by atoms with Crippen molar-refractivity contribution in [2.75, 3.05) is 43.4 Å². The Labute approximate surface area is 119 Å². The lowest BCUT2D eigenvalue weighted by atomic mass is 10.1. The van der Waals surface area contributed by atoms with E-state index >= 15 is 0 Å². The molecule has 1 aliphatic rings. The highest BCUT2D eigenvalue weighted by atomic mass is 16.6. The van der Waals surface area contributed by atoms with E-state index in [0.29, 0.717) is 6.04 Å². The van der Waals surface area contributed by atoms with Gasteiger partial charge < -0.3 is 15.1 Å². The second-order valence-corrected chi connectivity index (χ2v) is 5.30. The minimum Gasteiger partial charge on any atom is -0.385 e. The summed E-state index contributed by atoms with van der Waals surface area (Å²) in [5.41, 5.74) is 1.88. The fourth-order valence-corrected chi connectivity index (χ4v) is 2.47. The van der Waals surface area contributed by atoms with Crippen LogP contribution in [0.1, 0.15) is 13.8 Å². The molecule has 1 N–H and O–H groups in total. The van der Waals surface area contributed by atoms with Gasteiger partial charge in [-0.25, -0.2) is 0 Å². The summed E-state index contributed by atoms with van der Waals surface area (Å²) in [6.45, 7) is 7.67. The first kappa shape index (κ1) is 14.6. The van der Waals surface area contributed by atoms with Crippen molar-refractivity contribution >= 4 is 17.1 Å². The number of hydrogen-bond acceptors (Lipinski definition) is 5. The molecule has 2 rings (SSSR count). The van der Waals surface area contributed by atoms with Crippen molar-refractivity contribution in [3.8, 4) is 0 Å². The molecule has 6 nitrogen and oxygen atoms in total. The third kappa shape index (κ3) is 3.19. The zero-order valence-corrected chi connectivity index (χ0v) is 12.3. The Balaban J connectivity index is 2.28. The fourth-order valence-electron chi connectivity index (χ4n) is 2.47. The lowest BCUT2D eigenvalue weighted by Crippen LogP contribution is -2.50. The van der Waals surface area contributed by atoms with Gasteiger partial charge in [-0.15, -0.1) is 0 Å². The van der Waals surface area contributed by atoms with Gasteiger partial charge in [-0.1, -0.05) is 0 Å². The van der Waals surface area contributed by atoms with Crippen LogP contribution in [0.3, 0.4) is 0 Å². The van der Waals surface area contributed by atoms with E-state index in [9.17, 15) is 10.1 Å². The van der Waals surface area contributed by atoms with Crippen LogP contribution in [0.25, 0.3) is 0 Å². The molecule has 0 spiro atoms. The molecule has 110 valence electrons. The molecule has 1 unspecified atom stereocenters. The Morgan fingerprint density at radius 1 is 1.40 bits per heavy atom. The maximum Gasteiger partial charge on any atom is 0.273 e. The summed E-state index contributed by atoms with van der Waals surface area (Å²) in [5.74, 6) is 0. The van der Waals surface area contributed by atoms with Crippen molar-refractivity contribution in [1.29, 1.82) is 0 Å². The molecule has 0 amide bonds. The second kappa shape index (κ2) is 6.09. The van der Waals surface area contributed by atoms with Gasteiger partial charge in [0.05, 0.1) is 4.92 Å². The minimum atomic E-state index is -0.330. The molecule has 1 atom stereocenters. The number of hydrogen-bond donors (Lipinski definition) is 1. The topological polar surface area (TPSA) is 61.6 Å². The Morgan fingerprint density at radius 2 is 2.15 bits per heavy atom. The SMILES string of the molecule is CCNc1cc(N2CCN(C)C(C)C2)cc([N+](=O)[O-])c1. The number of nitrogens with zero attached hydrogens (tertiary/aromatic N) is 3. The standard InChI is InChI=1S/C14H22N4O2/c1-4-15-12-7-13(9-14(8-12)18(19)20)17-6-5-16(3)11(2)10-17/h7-9,11,15H,4-6,10H2,1-3H3. The molecular formula is C14H22N4O2. The molecule has 0 aromatic heterocycles. The Kier molecular flexibility index (Phi) is 4.44. The van der Waals surface area contributed by atoms with Crippen LogP contribution in [0, 0.1) is 10.1 Å². The Morgan fingerprint density at radius 3 is 2.75 bits per heavy atom. The maximum atomic E-state index is 11.1. The van der Waals surface area contributed by atoms with Crippen molar-refractivity contribution in [3.05, 3.63) is 28.3 Å². The normalized spacial score (nSPS) is 19.9. The van der Waals surface area contributed by atoms with Crippen LogP contribution in [0.5, 0.6) is 0 Å². The maximum absolute atomic E-state index is 11.1. The van der Waals surface area contributed by atoms with E-state index in [2.05, 4.69) is 29.1 Å². The zero-order chi connectivity index (χ0) is 14.7. The molecule has 0 bridgehead atoms. The molecular weight excluding hydrogens is 256 g/mol. The average Bonchev–Trinajstić information content (AvgIpc) is 2.42. The Hall–Kier alpha value is -1.82. The fraction of sp³-hybridized carbons (Fsp3) is 0.571. The minimum absolute atomic E-state index is 0.144. The molecule has 0 radical (unpaired) electrons. The predicted octanol–water partition coefficient (Wildman–Crippen LogP) is 2.17. The van der Waals surface area contributed by atoms with Crippen LogP contribution in [-0.2, 0) is 0 Å². The highest BCUT2D eigenvalue weighted by molar-refractivity contribution is 5.64. The van der Waals surface area contributed by atoms with Crippen LogP contribution in [0.4, 0.5) is 17.1 Å². The molecule has 0 saturated carbocycles. The van der Waals surface area contributed by atoms with E-state index in [1.165, 1.54) is 0 Å². The largest absolute Gasteiger partial charge is 0.385 e. The van der Waals surface area contributed by atoms with E-state index in [1.807, 2.05) is 13.0 Å². The van der Waals surface area contributed by atoms with Crippen molar-refractivity contribution < 1.29 is 4.92 Å². The van der Waals surface area contributed by atoms with Crippen molar-refractivity contribution in [1.82, 2.24) is 4.90 Å². The van der Waals surface area contributed by atoms with Gasteiger partial charge >= 0.3 is 0 Å². The first-order chi connectivity index (χ1) is 9.51. The third-order valence-corrected chi connectivity index (χ3v) is 3.82. The summed E-state index contributed by atoms with van der Waals surface area (Å²) in [7, 11) is 2.11. The number of benzene rings is 1. The number of nitro benzene ring substituents is 1. The van der Waals surface area contributed by atoms with E-state index in [1.54, 1.807) is 12.1 Å². The molecule has 1 aliphatic heterocycles. The summed E-state index contributed by atoms with van der Waals surface area (Å²) in [6.07, 6.45) is 0. The van der Waals surface area contributed by atoms with Gasteiger partial charge in [0.1, 0.15) is 0 Å². The molecule has 6 heteroatoms. The quantitative estimate of drug-likeness (QED) is 0.675. The number of nitrogens with one attached hydrogen (secondary N) is 1. The molecule has 0 aliphatic carbocycles. The zero-order valence-electron chi connectivity index (χ0n) is 12.3. The van der Waals surface area contributed by atoms with Gasteiger partial charge in [-0.05, 0) is 27.0 Å². The first-order valence-electron chi connectivity index (χ1n) is 6.99. The van der Waals surface area contributed by atoms with Crippen molar-refractivity contribution in [2.45, 2.75) is 19.9 Å². The second-order valence-electron chi connectivity index (χ2n) is 5.30. The summed E-state index contributed by atoms with van der Waals surface area (Å²) in [4.78, 5) is 15.3. The van der Waals surface area contributed by atoms with E-state index in [4.69, 9.17) is 0 Å². The molecule has 1 aromatic carbocycles. The summed E-state index contributed by atoms with van der Waals surface area (Å²) in [6, 6.07) is 5.70. The Bertz CT molecular complexity index is 492. The highest BCUT2D eigenvalue weighted by Crippen LogP contribution is 2.28. The number of piperazine rings is 1. The highest BCUT2D eigenvalue weighted by Gasteiger charge is 2.22. The van der Waals surface area contributed by atoms with Gasteiger partial charge in [0.25, 0.3) is 5.69 Å². The van der Waals surface area contributed by atoms with Gasteiger partial charge in [0.2, 0.25) is 0 Å². The van der Waals surface area contributed by atoms with Crippen LogP contribution >= 0.6 is 0 Å². The van der Waals surface area contributed by atoms with Gasteiger partial charge in [0, 0.05) is 55.7 Å². The monoisotopic (exact) mass is 278 g/mol. The number of anilines is 2. The number of likely N-dealkylation sites (N-methyl/N-ethyl adjacent to an activating group) is 1. The van der Waals surface area contributed by atoms with Crippen LogP contribution < -0.4 is 10.2 Å². The molecule has 1 saturated heterocycles. The van der Waals surface area contributed by atoms with Gasteiger partial charge in [-0.2, -0.15) is 0 Å². The van der Waals surface area contributed by atoms with Crippen molar-refractivity contribution in [2.24, 2.45) is 0 Å². The molecule has 1 heterocycles. The van der Waals surface area contributed by atoms with Crippen LogP contribution in [-0.4, -0.2) is 49.1 Å². The third-order valence-electron chi connectivity index (χ3n) is 3.82. The molecule has 1 fully saturated rings. The summed E-state index contributed by atoms with van der Waals surface area (Å²) in [5, 5.41) is 14.2. The van der Waals surface area contributed by atoms with E-state index in [-0.39, 0.29) is 10.6 Å². The molecule has 1 aromatic rings. The lowest BCUT2D eigenvalue weighted by molar-refractivity contribution is -0.384. The van der Waals surface area contributed by atoms with Crippen molar-refractivity contribution in [3.63, 3.8) is 0 Å². The number of rotatable bonds is 4. The average molecular weight is 278 g/mol. The van der Waals surface area contributed by atoms with Crippen LogP contribution in [0.2, 0.25) is 0 Å². The smallest absolute Gasteiger partial charge is 0.273 e. The van der Waals surface area contributed by atoms with Gasteiger partial charge in [0.15, 0.2) is 0 Å². The predicted molar refractivity (Wildman–Crippen MR) is 81.6 cm³/mol. The molecule has 20 heavy (non-hydrogen) atoms. The number of nitro groups is 1. The van der Waals surface area contributed by atoms with E-state index in [0.717, 1.165) is 37.6 Å². The van der Waals surface area contributed by atoms with Gasteiger partial charge in [-0.3, -0.25) is 10.1 Å². The van der Waals surface area contributed by atoms with E-state index < -0.39 is 0 Å².